The van der Waals surface area contributed by atoms with Crippen LogP contribution in [0.2, 0.25) is 0 Å². The number of carboxylic acid groups (broad SMARTS) is 1. The summed E-state index contributed by atoms with van der Waals surface area (Å²) < 4.78 is 26.6. The van der Waals surface area contributed by atoms with Crippen molar-refractivity contribution in [3.05, 3.63) is 0 Å². The first-order chi connectivity index (χ1) is 6.42. The Kier molecular flexibility index (Phi) is 2.05. The van der Waals surface area contributed by atoms with Gasteiger partial charge in [0.1, 0.15) is 0 Å². The van der Waals surface area contributed by atoms with Gasteiger partial charge in [-0.3, -0.25) is 4.79 Å². The van der Waals surface area contributed by atoms with E-state index < -0.39 is 23.7 Å². The molecule has 0 aliphatic heterocycles. The van der Waals surface area contributed by atoms with Crippen LogP contribution < -0.4 is 0 Å². The van der Waals surface area contributed by atoms with Crippen molar-refractivity contribution < 1.29 is 18.7 Å². The van der Waals surface area contributed by atoms with Gasteiger partial charge >= 0.3 is 5.97 Å². The van der Waals surface area contributed by atoms with Gasteiger partial charge in [-0.25, -0.2) is 8.78 Å². The van der Waals surface area contributed by atoms with E-state index in [1.54, 1.807) is 0 Å². The molecule has 0 aromatic rings. The number of hydrogen-bond donors (Lipinski definition) is 1. The Bertz CT molecular complexity index is 265. The predicted molar refractivity (Wildman–Crippen MR) is 46.1 cm³/mol. The average molecular weight is 204 g/mol. The standard InChI is InChI=1S/C10H14F2O2/c1-5-2-6-3-7(9(13)14)8(5)4-10(6,11)12/h5-8H,2-4H2,1H3,(H,13,14)/t5-,6+,7-,8-/m1/s1. The van der Waals surface area contributed by atoms with Gasteiger partial charge in [-0.1, -0.05) is 6.92 Å². The van der Waals surface area contributed by atoms with Crippen molar-refractivity contribution in [3.8, 4) is 0 Å². The van der Waals surface area contributed by atoms with Crippen LogP contribution in [0.4, 0.5) is 8.78 Å². The van der Waals surface area contributed by atoms with Crippen molar-refractivity contribution in [3.63, 3.8) is 0 Å². The fourth-order valence-corrected chi connectivity index (χ4v) is 3.05. The Morgan fingerprint density at radius 1 is 1.43 bits per heavy atom. The van der Waals surface area contributed by atoms with Crippen molar-refractivity contribution in [1.29, 1.82) is 0 Å². The highest BCUT2D eigenvalue weighted by Crippen LogP contribution is 2.55. The van der Waals surface area contributed by atoms with Crippen LogP contribution in [0.3, 0.4) is 0 Å². The van der Waals surface area contributed by atoms with Gasteiger partial charge in [0.2, 0.25) is 0 Å². The van der Waals surface area contributed by atoms with Crippen molar-refractivity contribution in [2.45, 2.75) is 32.1 Å². The molecule has 0 saturated heterocycles. The van der Waals surface area contributed by atoms with Crippen molar-refractivity contribution in [2.75, 3.05) is 0 Å². The molecule has 80 valence electrons. The molecule has 0 unspecified atom stereocenters. The zero-order valence-corrected chi connectivity index (χ0v) is 8.04. The quantitative estimate of drug-likeness (QED) is 0.712. The van der Waals surface area contributed by atoms with E-state index in [1.807, 2.05) is 6.92 Å². The smallest absolute Gasteiger partial charge is 0.306 e. The summed E-state index contributed by atoms with van der Waals surface area (Å²) in [6.45, 7) is 1.89. The van der Waals surface area contributed by atoms with Crippen LogP contribution in [0.25, 0.3) is 0 Å². The molecular weight excluding hydrogens is 190 g/mol. The molecule has 2 nitrogen and oxygen atoms in total. The molecule has 3 rings (SSSR count). The molecule has 3 aliphatic rings. The minimum absolute atomic E-state index is 0.134. The number of carbonyl (C=O) groups is 1. The van der Waals surface area contributed by atoms with E-state index in [4.69, 9.17) is 5.11 Å². The van der Waals surface area contributed by atoms with Crippen LogP contribution >= 0.6 is 0 Å². The largest absolute Gasteiger partial charge is 0.481 e. The van der Waals surface area contributed by atoms with Crippen LogP contribution in [0, 0.1) is 23.7 Å². The zero-order valence-electron chi connectivity index (χ0n) is 8.04. The number of alkyl halides is 2. The molecule has 3 aliphatic carbocycles. The second kappa shape index (κ2) is 2.91. The Hall–Kier alpha value is -0.670. The summed E-state index contributed by atoms with van der Waals surface area (Å²) in [6.07, 6.45) is 0.425. The first-order valence-corrected chi connectivity index (χ1v) is 5.02. The summed E-state index contributed by atoms with van der Waals surface area (Å²) in [4.78, 5) is 10.9. The van der Waals surface area contributed by atoms with Gasteiger partial charge in [0.05, 0.1) is 5.92 Å². The maximum Gasteiger partial charge on any atom is 0.306 e. The lowest BCUT2D eigenvalue weighted by Gasteiger charge is -2.48. The van der Waals surface area contributed by atoms with Gasteiger partial charge in [-0.2, -0.15) is 0 Å². The third-order valence-electron chi connectivity index (χ3n) is 3.86. The Morgan fingerprint density at radius 3 is 2.57 bits per heavy atom. The molecule has 4 atom stereocenters. The highest BCUT2D eigenvalue weighted by molar-refractivity contribution is 5.70. The summed E-state index contributed by atoms with van der Waals surface area (Å²) in [5.41, 5.74) is 0. The van der Waals surface area contributed by atoms with E-state index >= 15 is 0 Å². The summed E-state index contributed by atoms with van der Waals surface area (Å²) in [5.74, 6) is -4.96. The fraction of sp³-hybridized carbons (Fsp3) is 0.900. The lowest BCUT2D eigenvalue weighted by molar-refractivity contribution is -0.182. The average Bonchev–Trinajstić information content (AvgIpc) is 2.05. The number of aliphatic carboxylic acids is 1. The molecule has 0 radical (unpaired) electrons. The van der Waals surface area contributed by atoms with E-state index in [2.05, 4.69) is 0 Å². The number of halogens is 2. The van der Waals surface area contributed by atoms with Gasteiger partial charge in [-0.15, -0.1) is 0 Å². The third-order valence-corrected chi connectivity index (χ3v) is 3.86. The third kappa shape index (κ3) is 1.31. The number of fused-ring (bicyclic) bond motifs is 3. The normalized spacial score (nSPS) is 45.1. The van der Waals surface area contributed by atoms with Crippen LogP contribution in [0.15, 0.2) is 0 Å². The Labute approximate surface area is 81.3 Å². The van der Waals surface area contributed by atoms with E-state index in [1.165, 1.54) is 0 Å². The van der Waals surface area contributed by atoms with Crippen LogP contribution in [0.1, 0.15) is 26.2 Å². The monoisotopic (exact) mass is 204 g/mol. The summed E-state index contributed by atoms with van der Waals surface area (Å²) >= 11 is 0. The minimum Gasteiger partial charge on any atom is -0.481 e. The number of rotatable bonds is 1. The van der Waals surface area contributed by atoms with E-state index in [-0.39, 0.29) is 24.7 Å². The van der Waals surface area contributed by atoms with Gasteiger partial charge in [-0.05, 0) is 24.7 Å². The van der Waals surface area contributed by atoms with E-state index in [9.17, 15) is 13.6 Å². The lowest BCUT2D eigenvalue weighted by atomic mass is 9.58. The molecule has 0 aromatic carbocycles. The van der Waals surface area contributed by atoms with Gasteiger partial charge in [0.25, 0.3) is 5.92 Å². The molecule has 2 bridgehead atoms. The maximum absolute atomic E-state index is 13.3. The first-order valence-electron chi connectivity index (χ1n) is 5.02. The molecule has 4 heteroatoms. The number of carboxylic acids is 1. The molecule has 14 heavy (non-hydrogen) atoms. The second-order valence-corrected chi connectivity index (χ2v) is 4.72. The highest BCUT2D eigenvalue weighted by atomic mass is 19.3. The highest BCUT2D eigenvalue weighted by Gasteiger charge is 2.56. The Morgan fingerprint density at radius 2 is 2.07 bits per heavy atom. The Balaban J connectivity index is 2.23. The lowest BCUT2D eigenvalue weighted by Crippen LogP contribution is -2.51. The SMILES string of the molecule is C[C@@H]1C[C@H]2C[C@@H](C(=O)O)[C@@H]1CC2(F)F. The van der Waals surface area contributed by atoms with Crippen molar-refractivity contribution >= 4 is 5.97 Å². The first kappa shape index (κ1) is 9.87. The minimum atomic E-state index is -2.62. The molecule has 0 heterocycles. The predicted octanol–water partition coefficient (Wildman–Crippen LogP) is 2.39. The van der Waals surface area contributed by atoms with E-state index in [0.717, 1.165) is 0 Å². The molecule has 3 fully saturated rings. The molecule has 0 aromatic heterocycles. The van der Waals surface area contributed by atoms with Gasteiger partial charge < -0.3 is 5.11 Å². The summed E-state index contributed by atoms with van der Waals surface area (Å²) in [7, 11) is 0. The summed E-state index contributed by atoms with van der Waals surface area (Å²) in [6, 6.07) is 0. The second-order valence-electron chi connectivity index (χ2n) is 4.72. The molecule has 0 amide bonds. The molecular formula is C10H14F2O2. The summed E-state index contributed by atoms with van der Waals surface area (Å²) in [5, 5.41) is 8.90. The fourth-order valence-electron chi connectivity index (χ4n) is 3.05. The van der Waals surface area contributed by atoms with Crippen LogP contribution in [-0.4, -0.2) is 17.0 Å². The topological polar surface area (TPSA) is 37.3 Å². The van der Waals surface area contributed by atoms with Gasteiger partial charge in [0, 0.05) is 12.3 Å². The van der Waals surface area contributed by atoms with Crippen LogP contribution in [-0.2, 0) is 4.79 Å². The number of hydrogen-bond acceptors (Lipinski definition) is 1. The molecule has 1 N–H and O–H groups in total. The van der Waals surface area contributed by atoms with Crippen LogP contribution in [0.5, 0.6) is 0 Å². The molecule has 3 saturated carbocycles. The zero-order chi connectivity index (χ0) is 10.5. The van der Waals surface area contributed by atoms with Crippen molar-refractivity contribution in [2.24, 2.45) is 23.7 Å². The molecule has 0 spiro atoms. The van der Waals surface area contributed by atoms with Crippen molar-refractivity contribution in [1.82, 2.24) is 0 Å². The van der Waals surface area contributed by atoms with Gasteiger partial charge in [0.15, 0.2) is 0 Å². The maximum atomic E-state index is 13.3. The van der Waals surface area contributed by atoms with E-state index in [0.29, 0.717) is 6.42 Å².